The zero-order valence-corrected chi connectivity index (χ0v) is 22.9. The smallest absolute Gasteiger partial charge is 0.320 e. The number of aromatic nitrogens is 2. The molecule has 2 aromatic heterocycles. The van der Waals surface area contributed by atoms with E-state index in [4.69, 9.17) is 11.6 Å². The van der Waals surface area contributed by atoms with Crippen LogP contribution in [0.15, 0.2) is 77.9 Å². The second kappa shape index (κ2) is 11.1. The molecule has 2 aliphatic rings. The summed E-state index contributed by atoms with van der Waals surface area (Å²) in [7, 11) is 0. The number of H-pyrrole nitrogens is 1. The highest BCUT2D eigenvalue weighted by Gasteiger charge is 2.36. The molecule has 2 aromatic carbocycles. The summed E-state index contributed by atoms with van der Waals surface area (Å²) in [6.07, 6.45) is 4.82. The fourth-order valence-electron chi connectivity index (χ4n) is 5.30. The Hall–Kier alpha value is -4.57. The Labute approximate surface area is 240 Å². The number of carbonyl (C=O) groups is 3. The lowest BCUT2D eigenvalue weighted by molar-refractivity contribution is 0.0780. The molecule has 4 heterocycles. The number of pyridine rings is 1. The average Bonchev–Trinajstić information content (AvgIpc) is 3.33. The Balaban J connectivity index is 1.19. The lowest BCUT2D eigenvalue weighted by Gasteiger charge is -2.43. The first kappa shape index (κ1) is 26.6. The second-order valence-corrected chi connectivity index (χ2v) is 10.8. The van der Waals surface area contributed by atoms with Gasteiger partial charge in [-0.2, -0.15) is 0 Å². The number of hydrogen-bond acceptors (Lipinski definition) is 4. The summed E-state index contributed by atoms with van der Waals surface area (Å²) in [5.41, 5.74) is 2.09. The molecule has 41 heavy (non-hydrogen) atoms. The fourth-order valence-corrected chi connectivity index (χ4v) is 5.52. The highest BCUT2D eigenvalue weighted by Crippen LogP contribution is 2.24. The first-order valence-electron chi connectivity index (χ1n) is 13.6. The van der Waals surface area contributed by atoms with Crippen LogP contribution in [0.3, 0.4) is 0 Å². The van der Waals surface area contributed by atoms with Gasteiger partial charge in [-0.15, -0.1) is 0 Å². The van der Waals surface area contributed by atoms with Crippen LogP contribution in [0.1, 0.15) is 33.6 Å². The Morgan fingerprint density at radius 3 is 2.32 bits per heavy atom. The summed E-state index contributed by atoms with van der Waals surface area (Å²) in [5.74, 6) is -0.607. The van der Waals surface area contributed by atoms with Crippen LogP contribution in [0.4, 0.5) is 4.79 Å². The topological polar surface area (TPSA) is 120 Å². The van der Waals surface area contributed by atoms with Crippen molar-refractivity contribution in [3.05, 3.63) is 99.6 Å². The summed E-state index contributed by atoms with van der Waals surface area (Å²) in [6, 6.07) is 15.9. The monoisotopic (exact) mass is 572 g/mol. The van der Waals surface area contributed by atoms with Gasteiger partial charge in [-0.3, -0.25) is 19.0 Å². The molecule has 11 heteroatoms. The molecule has 0 spiro atoms. The first-order chi connectivity index (χ1) is 19.9. The predicted octanol–water partition coefficient (Wildman–Crippen LogP) is 3.40. The summed E-state index contributed by atoms with van der Waals surface area (Å²) in [4.78, 5) is 58.3. The lowest BCUT2D eigenvalue weighted by atomic mass is 9.97. The molecule has 4 aromatic rings. The van der Waals surface area contributed by atoms with Gasteiger partial charge in [-0.05, 0) is 55.3 Å². The van der Waals surface area contributed by atoms with Gasteiger partial charge in [0.05, 0.1) is 17.1 Å². The van der Waals surface area contributed by atoms with Crippen molar-refractivity contribution >= 4 is 40.3 Å². The molecule has 210 valence electrons. The number of amides is 4. The number of nitrogens with one attached hydrogen (secondary N) is 3. The Bertz CT molecular complexity index is 1680. The van der Waals surface area contributed by atoms with E-state index in [-0.39, 0.29) is 29.9 Å². The maximum Gasteiger partial charge on any atom is 0.320 e. The number of nitrogens with zero attached hydrogens (tertiary/aromatic N) is 3. The Morgan fingerprint density at radius 2 is 1.59 bits per heavy atom. The molecule has 0 aliphatic carbocycles. The third-order valence-electron chi connectivity index (χ3n) is 7.77. The van der Waals surface area contributed by atoms with Gasteiger partial charge >= 0.3 is 6.03 Å². The number of hydrogen-bond donors (Lipinski definition) is 3. The largest absolute Gasteiger partial charge is 0.360 e. The number of urea groups is 1. The molecule has 4 amide bonds. The van der Waals surface area contributed by atoms with E-state index < -0.39 is 12.1 Å². The van der Waals surface area contributed by atoms with Gasteiger partial charge in [-0.25, -0.2) is 4.79 Å². The zero-order valence-electron chi connectivity index (χ0n) is 22.2. The maximum absolute atomic E-state index is 13.3. The number of aromatic amines is 1. The molecule has 0 unspecified atom stereocenters. The van der Waals surface area contributed by atoms with Crippen molar-refractivity contribution in [2.75, 3.05) is 26.2 Å². The van der Waals surface area contributed by atoms with E-state index in [1.54, 1.807) is 76.8 Å². The molecule has 2 aliphatic heterocycles. The van der Waals surface area contributed by atoms with Gasteiger partial charge in [0.15, 0.2) is 0 Å². The fraction of sp³-hybridized carbons (Fsp3) is 0.267. The molecule has 0 saturated carbocycles. The molecule has 2 saturated heterocycles. The molecule has 6 rings (SSSR count). The van der Waals surface area contributed by atoms with Crippen LogP contribution in [0.5, 0.6) is 0 Å². The third kappa shape index (κ3) is 5.43. The van der Waals surface area contributed by atoms with Crippen molar-refractivity contribution < 1.29 is 14.4 Å². The minimum absolute atomic E-state index is 0.0491. The summed E-state index contributed by atoms with van der Waals surface area (Å²) in [6.45, 7) is 2.20. The minimum atomic E-state index is -0.509. The Kier molecular flexibility index (Phi) is 7.23. The van der Waals surface area contributed by atoms with E-state index in [9.17, 15) is 19.2 Å². The van der Waals surface area contributed by atoms with E-state index >= 15 is 0 Å². The normalized spacial score (nSPS) is 18.6. The van der Waals surface area contributed by atoms with Crippen LogP contribution in [0.25, 0.3) is 16.6 Å². The molecule has 0 radical (unpaired) electrons. The Morgan fingerprint density at radius 1 is 0.854 bits per heavy atom. The van der Waals surface area contributed by atoms with Crippen LogP contribution in [-0.2, 0) is 0 Å². The molecule has 3 N–H and O–H groups in total. The van der Waals surface area contributed by atoms with Crippen molar-refractivity contribution in [1.82, 2.24) is 30.0 Å². The standard InChI is InChI=1S/C30H29ClN6O4/c31-23-17-32-25-16-20(7-10-22(23)25)29(40)33-24-11-15-36(30(41)35-12-3-13-35)18-26(24)34-28(39)19-5-8-21(9-6-19)37-14-2-1-4-27(37)38/h1-2,4-10,14,16-17,24,26,32H,3,11-13,15,18H2,(H,33,40)(H,34,39)/t24-,26+/m1/s1. The second-order valence-electron chi connectivity index (χ2n) is 10.4. The van der Waals surface area contributed by atoms with Gasteiger partial charge in [0, 0.05) is 72.4 Å². The molecular formula is C30H29ClN6O4. The van der Waals surface area contributed by atoms with Gasteiger partial charge < -0.3 is 25.4 Å². The number of halogens is 1. The van der Waals surface area contributed by atoms with Crippen LogP contribution in [0.2, 0.25) is 5.02 Å². The molecule has 2 fully saturated rings. The number of benzene rings is 2. The van der Waals surface area contributed by atoms with Gasteiger partial charge in [-0.1, -0.05) is 23.7 Å². The van der Waals surface area contributed by atoms with Crippen molar-refractivity contribution in [3.63, 3.8) is 0 Å². The highest BCUT2D eigenvalue weighted by atomic mass is 35.5. The van der Waals surface area contributed by atoms with E-state index in [0.717, 1.165) is 30.4 Å². The number of fused-ring (bicyclic) bond motifs is 1. The molecular weight excluding hydrogens is 544 g/mol. The third-order valence-corrected chi connectivity index (χ3v) is 8.08. The summed E-state index contributed by atoms with van der Waals surface area (Å²) >= 11 is 6.18. The van der Waals surface area contributed by atoms with Crippen molar-refractivity contribution in [2.24, 2.45) is 0 Å². The van der Waals surface area contributed by atoms with Crippen molar-refractivity contribution in [3.8, 4) is 5.69 Å². The van der Waals surface area contributed by atoms with E-state index in [2.05, 4.69) is 15.6 Å². The van der Waals surface area contributed by atoms with E-state index in [1.807, 2.05) is 0 Å². The number of rotatable bonds is 5. The lowest BCUT2D eigenvalue weighted by Crippen LogP contribution is -2.63. The minimum Gasteiger partial charge on any atom is -0.360 e. The SMILES string of the molecule is O=C(N[C@H]1CN(C(=O)N2CCC2)CC[C@H]1NC(=O)c1ccc2c(Cl)c[nH]c2c1)c1ccc(-n2ccccc2=O)cc1. The van der Waals surface area contributed by atoms with Crippen LogP contribution < -0.4 is 16.2 Å². The van der Waals surface area contributed by atoms with Crippen LogP contribution in [0, 0.1) is 0 Å². The summed E-state index contributed by atoms with van der Waals surface area (Å²) in [5, 5.41) is 7.53. The van der Waals surface area contributed by atoms with E-state index in [0.29, 0.717) is 34.8 Å². The van der Waals surface area contributed by atoms with Crippen LogP contribution in [-0.4, -0.2) is 75.5 Å². The highest BCUT2D eigenvalue weighted by molar-refractivity contribution is 6.35. The van der Waals surface area contributed by atoms with Gasteiger partial charge in [0.25, 0.3) is 17.4 Å². The first-order valence-corrected chi connectivity index (χ1v) is 14.0. The average molecular weight is 573 g/mol. The van der Waals surface area contributed by atoms with Gasteiger partial charge in [0.1, 0.15) is 0 Å². The van der Waals surface area contributed by atoms with Crippen molar-refractivity contribution in [1.29, 1.82) is 0 Å². The van der Waals surface area contributed by atoms with Gasteiger partial charge in [0.2, 0.25) is 0 Å². The van der Waals surface area contributed by atoms with Crippen molar-refractivity contribution in [2.45, 2.75) is 24.9 Å². The quantitative estimate of drug-likeness (QED) is 0.339. The summed E-state index contributed by atoms with van der Waals surface area (Å²) < 4.78 is 1.49. The number of likely N-dealkylation sites (tertiary alicyclic amines) is 2. The molecule has 2 atom stereocenters. The molecule has 10 nitrogen and oxygen atoms in total. The number of carbonyl (C=O) groups excluding carboxylic acids is 3. The van der Waals surface area contributed by atoms with E-state index in [1.165, 1.54) is 10.6 Å². The predicted molar refractivity (Wildman–Crippen MR) is 156 cm³/mol. The number of piperidine rings is 1. The van der Waals surface area contributed by atoms with Crippen LogP contribution >= 0.6 is 11.6 Å². The molecule has 0 bridgehead atoms. The maximum atomic E-state index is 13.3. The zero-order chi connectivity index (χ0) is 28.5.